The van der Waals surface area contributed by atoms with Crippen molar-refractivity contribution >= 4 is 23.0 Å². The van der Waals surface area contributed by atoms with E-state index in [4.69, 9.17) is 14.6 Å². The molecule has 2 aliphatic rings. The lowest BCUT2D eigenvalue weighted by Crippen LogP contribution is -2.55. The summed E-state index contributed by atoms with van der Waals surface area (Å²) in [5.41, 5.74) is -0.0594. The van der Waals surface area contributed by atoms with Crippen LogP contribution in [0.1, 0.15) is 12.0 Å². The second kappa shape index (κ2) is 8.27. The van der Waals surface area contributed by atoms with Crippen LogP contribution in [0.2, 0.25) is 0 Å². The Morgan fingerprint density at radius 1 is 1.43 bits per heavy atom. The molecule has 2 heterocycles. The fraction of sp³-hybridized carbons (Fsp3) is 0.529. The second-order valence-electron chi connectivity index (χ2n) is 6.46. The van der Waals surface area contributed by atoms with Gasteiger partial charge in [0.1, 0.15) is 11.5 Å². The summed E-state index contributed by atoms with van der Waals surface area (Å²) in [6, 6.07) is 8.33. The number of thioether (sulfide) groups is 1. The molecule has 0 radical (unpaired) electrons. The largest absolute Gasteiger partial charge is 0.465 e. The first-order valence-electron chi connectivity index (χ1n) is 8.43. The highest BCUT2D eigenvalue weighted by Crippen LogP contribution is 2.41. The summed E-state index contributed by atoms with van der Waals surface area (Å²) in [4.78, 5) is 16.2. The van der Waals surface area contributed by atoms with E-state index in [1.54, 1.807) is 30.3 Å². The van der Waals surface area contributed by atoms with Gasteiger partial charge in [0.2, 0.25) is 0 Å². The highest BCUT2D eigenvalue weighted by atomic mass is 32.2. The van der Waals surface area contributed by atoms with Gasteiger partial charge in [-0.2, -0.15) is 13.2 Å². The highest BCUT2D eigenvalue weighted by Gasteiger charge is 2.53. The van der Waals surface area contributed by atoms with E-state index in [2.05, 4.69) is 4.99 Å². The molecule has 1 fully saturated rings. The van der Waals surface area contributed by atoms with E-state index >= 15 is 0 Å². The molecule has 0 spiro atoms. The van der Waals surface area contributed by atoms with Gasteiger partial charge in [-0.15, -0.1) is 0 Å². The number of amidine groups is 1. The van der Waals surface area contributed by atoms with E-state index in [9.17, 15) is 23.1 Å². The summed E-state index contributed by atoms with van der Waals surface area (Å²) in [6.45, 7) is 0.0477. The van der Waals surface area contributed by atoms with Crippen LogP contribution >= 0.6 is 11.8 Å². The SMILES string of the molecule is CN(C(=O)O)C1=N[C@@H]2C[C@H](OCc3ccccc3)[C@@H]([C@@H](O)C(F)(F)F)O[C@@H]2S1. The number of aliphatic hydroxyl groups is 1. The number of hydrogen-bond acceptors (Lipinski definition) is 6. The number of amides is 1. The smallest absolute Gasteiger partial charge is 0.417 e. The maximum Gasteiger partial charge on any atom is 0.417 e. The molecule has 5 atom stereocenters. The van der Waals surface area contributed by atoms with Gasteiger partial charge in [-0.25, -0.2) is 4.79 Å². The Labute approximate surface area is 163 Å². The molecule has 28 heavy (non-hydrogen) atoms. The molecule has 1 saturated heterocycles. The lowest BCUT2D eigenvalue weighted by molar-refractivity contribution is -0.265. The van der Waals surface area contributed by atoms with Crippen molar-refractivity contribution in [2.75, 3.05) is 7.05 Å². The number of aliphatic hydroxyl groups excluding tert-OH is 1. The van der Waals surface area contributed by atoms with E-state index in [1.165, 1.54) is 7.05 Å². The van der Waals surface area contributed by atoms with Gasteiger partial charge in [-0.1, -0.05) is 42.1 Å². The van der Waals surface area contributed by atoms with Crippen LogP contribution in [-0.4, -0.2) is 69.4 Å². The van der Waals surface area contributed by atoms with Crippen LogP contribution in [0.5, 0.6) is 0 Å². The third-order valence-corrected chi connectivity index (χ3v) is 5.72. The summed E-state index contributed by atoms with van der Waals surface area (Å²) in [6.07, 6.45) is -11.5. The first kappa shape index (κ1) is 20.9. The van der Waals surface area contributed by atoms with E-state index in [0.717, 1.165) is 22.2 Å². The van der Waals surface area contributed by atoms with Crippen molar-refractivity contribution in [2.24, 2.45) is 4.99 Å². The van der Waals surface area contributed by atoms with Crippen molar-refractivity contribution in [3.8, 4) is 0 Å². The number of carboxylic acid groups (broad SMARTS) is 1. The molecule has 0 aromatic heterocycles. The minimum Gasteiger partial charge on any atom is -0.465 e. The monoisotopic (exact) mass is 420 g/mol. The molecule has 1 aromatic carbocycles. The Morgan fingerprint density at radius 2 is 2.11 bits per heavy atom. The molecule has 11 heteroatoms. The zero-order valence-electron chi connectivity index (χ0n) is 14.7. The summed E-state index contributed by atoms with van der Waals surface area (Å²) in [5, 5.41) is 19.0. The average Bonchev–Trinajstić information content (AvgIpc) is 3.07. The molecule has 2 N–H and O–H groups in total. The fourth-order valence-corrected chi connectivity index (χ4v) is 4.12. The molecule has 3 rings (SSSR count). The number of ether oxygens (including phenoxy) is 2. The van der Waals surface area contributed by atoms with Crippen molar-refractivity contribution in [1.29, 1.82) is 0 Å². The van der Waals surface area contributed by atoms with E-state index in [0.29, 0.717) is 0 Å². The molecule has 0 unspecified atom stereocenters. The topological polar surface area (TPSA) is 91.6 Å². The Kier molecular flexibility index (Phi) is 6.18. The number of fused-ring (bicyclic) bond motifs is 1. The van der Waals surface area contributed by atoms with Crippen LogP contribution in [-0.2, 0) is 16.1 Å². The van der Waals surface area contributed by atoms with Crippen LogP contribution in [0.4, 0.5) is 18.0 Å². The van der Waals surface area contributed by atoms with Crippen molar-refractivity contribution in [2.45, 2.75) is 49.0 Å². The van der Waals surface area contributed by atoms with Crippen molar-refractivity contribution in [3.63, 3.8) is 0 Å². The quantitative estimate of drug-likeness (QED) is 0.778. The standard InChI is InChI=1S/C17H19F3N2O5S/c1-22(16(24)25)15-21-10-7-11(26-8-9-5-3-2-4-6-9)12(27-14(10)28-15)13(23)17(18,19)20/h2-6,10-14,23H,7-8H2,1H3,(H,24,25)/t10-,11+,12+,13-,14-/m1/s1. The maximum atomic E-state index is 13.1. The Balaban J connectivity index is 1.76. The van der Waals surface area contributed by atoms with Crippen molar-refractivity contribution < 1.29 is 37.7 Å². The minimum absolute atomic E-state index is 0.0477. The van der Waals surface area contributed by atoms with Gasteiger partial charge in [0.25, 0.3) is 0 Å². The summed E-state index contributed by atoms with van der Waals surface area (Å²) in [7, 11) is 1.29. The van der Waals surface area contributed by atoms with Gasteiger partial charge < -0.3 is 19.7 Å². The Hall–Kier alpha value is -1.82. The predicted octanol–water partition coefficient (Wildman–Crippen LogP) is 2.69. The number of benzene rings is 1. The Bertz CT molecular complexity index is 733. The van der Waals surface area contributed by atoms with Gasteiger partial charge >= 0.3 is 12.3 Å². The number of aliphatic imine (C=N–C) groups is 1. The third-order valence-electron chi connectivity index (χ3n) is 4.47. The molecular weight excluding hydrogens is 401 g/mol. The highest BCUT2D eigenvalue weighted by molar-refractivity contribution is 8.14. The molecule has 0 aliphatic carbocycles. The van der Waals surface area contributed by atoms with Crippen LogP contribution in [0.3, 0.4) is 0 Å². The van der Waals surface area contributed by atoms with Crippen LogP contribution in [0.15, 0.2) is 35.3 Å². The number of alkyl halides is 3. The summed E-state index contributed by atoms with van der Waals surface area (Å²) < 4.78 is 50.5. The van der Waals surface area contributed by atoms with Crippen molar-refractivity contribution in [3.05, 3.63) is 35.9 Å². The predicted molar refractivity (Wildman–Crippen MR) is 95.0 cm³/mol. The first-order valence-corrected chi connectivity index (χ1v) is 9.31. The fourth-order valence-electron chi connectivity index (χ4n) is 2.96. The average molecular weight is 420 g/mol. The second-order valence-corrected chi connectivity index (χ2v) is 7.53. The number of nitrogens with zero attached hydrogens (tertiary/aromatic N) is 2. The minimum atomic E-state index is -4.88. The number of halogens is 3. The molecule has 154 valence electrons. The summed E-state index contributed by atoms with van der Waals surface area (Å²) in [5.74, 6) is 0. The zero-order chi connectivity index (χ0) is 20.5. The summed E-state index contributed by atoms with van der Waals surface area (Å²) >= 11 is 0.918. The molecule has 0 bridgehead atoms. The van der Waals surface area contributed by atoms with Crippen LogP contribution < -0.4 is 0 Å². The van der Waals surface area contributed by atoms with Gasteiger partial charge in [0, 0.05) is 13.5 Å². The normalized spacial score (nSPS) is 28.4. The van der Waals surface area contributed by atoms with E-state index in [1.807, 2.05) is 0 Å². The number of rotatable bonds is 4. The van der Waals surface area contributed by atoms with Gasteiger partial charge in [0.15, 0.2) is 11.3 Å². The van der Waals surface area contributed by atoms with E-state index < -0.39 is 42.1 Å². The lowest BCUT2D eigenvalue weighted by atomic mass is 9.97. The van der Waals surface area contributed by atoms with Gasteiger partial charge in [-0.05, 0) is 5.56 Å². The molecule has 0 saturated carbocycles. The van der Waals surface area contributed by atoms with Crippen molar-refractivity contribution in [1.82, 2.24) is 4.90 Å². The Morgan fingerprint density at radius 3 is 2.71 bits per heavy atom. The zero-order valence-corrected chi connectivity index (χ0v) is 15.6. The van der Waals surface area contributed by atoms with Crippen LogP contribution in [0, 0.1) is 0 Å². The molecule has 7 nitrogen and oxygen atoms in total. The van der Waals surface area contributed by atoms with Gasteiger partial charge in [0.05, 0.1) is 18.8 Å². The molecule has 1 aromatic rings. The first-order chi connectivity index (χ1) is 13.2. The maximum absolute atomic E-state index is 13.1. The number of carbonyl (C=O) groups is 1. The molecule has 1 amide bonds. The van der Waals surface area contributed by atoms with Crippen LogP contribution in [0.25, 0.3) is 0 Å². The third kappa shape index (κ3) is 4.59. The van der Waals surface area contributed by atoms with E-state index in [-0.39, 0.29) is 18.2 Å². The number of hydrogen-bond donors (Lipinski definition) is 2. The lowest BCUT2D eigenvalue weighted by Gasteiger charge is -2.39. The van der Waals surface area contributed by atoms with Gasteiger partial charge in [-0.3, -0.25) is 9.89 Å². The molecule has 2 aliphatic heterocycles. The molecular formula is C17H19F3N2O5S.